The molecule has 0 amide bonds. The third-order valence-corrected chi connectivity index (χ3v) is 4.04. The SMILES string of the molecule is N#Cc1ccc2nc(Nc3ccccc3)n(-c3ccccc3)c(=O)c2c1. The van der Waals surface area contributed by atoms with Gasteiger partial charge in [0.25, 0.3) is 5.56 Å². The summed E-state index contributed by atoms with van der Waals surface area (Å²) in [5.74, 6) is 0.421. The largest absolute Gasteiger partial charge is 0.325 e. The lowest BCUT2D eigenvalue weighted by molar-refractivity contribution is 0.974. The summed E-state index contributed by atoms with van der Waals surface area (Å²) < 4.78 is 1.52. The highest BCUT2D eigenvalue weighted by Crippen LogP contribution is 2.20. The first-order chi connectivity index (χ1) is 12.8. The highest BCUT2D eigenvalue weighted by molar-refractivity contribution is 5.81. The van der Waals surface area contributed by atoms with Crippen LogP contribution in [0.2, 0.25) is 0 Å². The van der Waals surface area contributed by atoms with Crippen molar-refractivity contribution in [2.75, 3.05) is 5.32 Å². The second-order valence-corrected chi connectivity index (χ2v) is 5.75. The number of nitriles is 1. The van der Waals surface area contributed by atoms with Gasteiger partial charge >= 0.3 is 0 Å². The van der Waals surface area contributed by atoms with Crippen LogP contribution in [0, 0.1) is 11.3 Å². The topological polar surface area (TPSA) is 70.7 Å². The fourth-order valence-corrected chi connectivity index (χ4v) is 2.81. The second kappa shape index (κ2) is 6.54. The van der Waals surface area contributed by atoms with E-state index in [-0.39, 0.29) is 5.56 Å². The molecule has 1 N–H and O–H groups in total. The van der Waals surface area contributed by atoms with Gasteiger partial charge in [0, 0.05) is 5.69 Å². The van der Waals surface area contributed by atoms with Gasteiger partial charge in [-0.25, -0.2) is 9.55 Å². The molecule has 0 fully saturated rings. The Kier molecular flexibility index (Phi) is 3.92. The molecular formula is C21H14N4O. The molecule has 4 aromatic rings. The van der Waals surface area contributed by atoms with Crippen molar-refractivity contribution in [2.24, 2.45) is 0 Å². The Morgan fingerprint density at radius 2 is 1.62 bits per heavy atom. The molecule has 0 atom stereocenters. The minimum absolute atomic E-state index is 0.225. The molecule has 0 bridgehead atoms. The van der Waals surface area contributed by atoms with Crippen LogP contribution in [-0.2, 0) is 0 Å². The van der Waals surface area contributed by atoms with E-state index >= 15 is 0 Å². The summed E-state index contributed by atoms with van der Waals surface area (Å²) in [5, 5.41) is 12.8. The van der Waals surface area contributed by atoms with E-state index in [2.05, 4.69) is 16.4 Å². The molecule has 0 unspecified atom stereocenters. The van der Waals surface area contributed by atoms with Gasteiger partial charge in [0.05, 0.1) is 28.2 Å². The molecule has 0 saturated carbocycles. The first-order valence-electron chi connectivity index (χ1n) is 8.11. The quantitative estimate of drug-likeness (QED) is 0.613. The number of aromatic nitrogens is 2. The molecule has 0 spiro atoms. The molecule has 4 rings (SSSR count). The van der Waals surface area contributed by atoms with Crippen molar-refractivity contribution in [3.05, 3.63) is 94.8 Å². The molecule has 0 radical (unpaired) electrons. The highest BCUT2D eigenvalue weighted by Gasteiger charge is 2.13. The molecular weight excluding hydrogens is 324 g/mol. The Morgan fingerprint density at radius 3 is 2.31 bits per heavy atom. The predicted octanol–water partition coefficient (Wildman–Crippen LogP) is 4.00. The van der Waals surface area contributed by atoms with E-state index in [1.165, 1.54) is 4.57 Å². The van der Waals surface area contributed by atoms with Gasteiger partial charge in [-0.3, -0.25) is 4.79 Å². The van der Waals surface area contributed by atoms with E-state index in [0.29, 0.717) is 28.1 Å². The molecule has 0 saturated heterocycles. The first-order valence-corrected chi connectivity index (χ1v) is 8.11. The Morgan fingerprint density at radius 1 is 0.923 bits per heavy atom. The van der Waals surface area contributed by atoms with Crippen molar-refractivity contribution in [2.45, 2.75) is 0 Å². The number of nitrogens with one attached hydrogen (secondary N) is 1. The van der Waals surface area contributed by atoms with Crippen molar-refractivity contribution in [3.63, 3.8) is 0 Å². The second-order valence-electron chi connectivity index (χ2n) is 5.75. The summed E-state index contributed by atoms with van der Waals surface area (Å²) in [5.41, 5.74) is 2.28. The summed E-state index contributed by atoms with van der Waals surface area (Å²) in [6, 6.07) is 25.9. The number of benzene rings is 3. The monoisotopic (exact) mass is 338 g/mol. The van der Waals surface area contributed by atoms with Crippen molar-refractivity contribution in [1.82, 2.24) is 9.55 Å². The average molecular weight is 338 g/mol. The van der Waals surface area contributed by atoms with Crippen LogP contribution in [0.3, 0.4) is 0 Å². The highest BCUT2D eigenvalue weighted by atomic mass is 16.1. The number of fused-ring (bicyclic) bond motifs is 1. The van der Waals surface area contributed by atoms with Crippen LogP contribution >= 0.6 is 0 Å². The molecule has 1 aromatic heterocycles. The summed E-state index contributed by atoms with van der Waals surface area (Å²) in [6.45, 7) is 0. The zero-order valence-corrected chi connectivity index (χ0v) is 13.8. The molecule has 0 aliphatic carbocycles. The zero-order chi connectivity index (χ0) is 17.9. The smallest absolute Gasteiger partial charge is 0.267 e. The predicted molar refractivity (Wildman–Crippen MR) is 102 cm³/mol. The van der Waals surface area contributed by atoms with Crippen LogP contribution in [0.5, 0.6) is 0 Å². The summed E-state index contributed by atoms with van der Waals surface area (Å²) in [7, 11) is 0. The standard InChI is InChI=1S/C21H14N4O/c22-14-15-11-12-19-18(13-15)20(26)25(17-9-5-2-6-10-17)21(24-19)23-16-7-3-1-4-8-16/h1-13H,(H,23,24). The Bertz CT molecular complexity index is 1180. The van der Waals surface area contributed by atoms with Crippen molar-refractivity contribution >= 4 is 22.5 Å². The minimum atomic E-state index is -0.225. The van der Waals surface area contributed by atoms with Gasteiger partial charge in [-0.1, -0.05) is 36.4 Å². The van der Waals surface area contributed by atoms with Gasteiger partial charge in [0.15, 0.2) is 0 Å². The fraction of sp³-hybridized carbons (Fsp3) is 0. The van der Waals surface area contributed by atoms with Crippen LogP contribution < -0.4 is 10.9 Å². The lowest BCUT2D eigenvalue weighted by atomic mass is 10.1. The third-order valence-electron chi connectivity index (χ3n) is 4.04. The van der Waals surface area contributed by atoms with E-state index in [1.807, 2.05) is 60.7 Å². The lowest BCUT2D eigenvalue weighted by Crippen LogP contribution is -2.22. The first kappa shape index (κ1) is 15.6. The number of hydrogen-bond acceptors (Lipinski definition) is 4. The number of nitrogens with zero attached hydrogens (tertiary/aromatic N) is 3. The van der Waals surface area contributed by atoms with E-state index in [9.17, 15) is 4.79 Å². The molecule has 5 nitrogen and oxygen atoms in total. The maximum Gasteiger partial charge on any atom is 0.267 e. The molecule has 124 valence electrons. The summed E-state index contributed by atoms with van der Waals surface area (Å²) in [4.78, 5) is 17.8. The van der Waals surface area contributed by atoms with Crippen LogP contribution in [0.1, 0.15) is 5.56 Å². The molecule has 26 heavy (non-hydrogen) atoms. The van der Waals surface area contributed by atoms with Crippen LogP contribution in [0.15, 0.2) is 83.7 Å². The normalized spacial score (nSPS) is 10.4. The van der Waals surface area contributed by atoms with Gasteiger partial charge in [0.2, 0.25) is 5.95 Å². The van der Waals surface area contributed by atoms with Gasteiger partial charge in [-0.05, 0) is 42.5 Å². The third kappa shape index (κ3) is 2.80. The summed E-state index contributed by atoms with van der Waals surface area (Å²) >= 11 is 0. The molecule has 1 heterocycles. The Balaban J connectivity index is 2.00. The van der Waals surface area contributed by atoms with E-state index < -0.39 is 0 Å². The van der Waals surface area contributed by atoms with Crippen molar-refractivity contribution < 1.29 is 0 Å². The van der Waals surface area contributed by atoms with Gasteiger partial charge in [-0.2, -0.15) is 5.26 Å². The Labute approximate surface area is 149 Å². The molecule has 0 aliphatic rings. The van der Waals surface area contributed by atoms with Crippen LogP contribution in [0.25, 0.3) is 16.6 Å². The van der Waals surface area contributed by atoms with E-state index in [0.717, 1.165) is 5.69 Å². The summed E-state index contributed by atoms with van der Waals surface area (Å²) in [6.07, 6.45) is 0. The molecule has 5 heteroatoms. The number of anilines is 2. The minimum Gasteiger partial charge on any atom is -0.325 e. The van der Waals surface area contributed by atoms with Crippen molar-refractivity contribution in [3.8, 4) is 11.8 Å². The van der Waals surface area contributed by atoms with Gasteiger partial charge in [-0.15, -0.1) is 0 Å². The van der Waals surface area contributed by atoms with Gasteiger partial charge in [0.1, 0.15) is 0 Å². The average Bonchev–Trinajstić information content (AvgIpc) is 2.69. The van der Waals surface area contributed by atoms with Crippen LogP contribution in [-0.4, -0.2) is 9.55 Å². The Hall–Kier alpha value is -3.91. The maximum atomic E-state index is 13.2. The number of para-hydroxylation sites is 2. The zero-order valence-electron chi connectivity index (χ0n) is 13.8. The lowest BCUT2D eigenvalue weighted by Gasteiger charge is -2.15. The molecule has 0 aliphatic heterocycles. The van der Waals surface area contributed by atoms with E-state index in [4.69, 9.17) is 5.26 Å². The maximum absolute atomic E-state index is 13.2. The van der Waals surface area contributed by atoms with E-state index in [1.54, 1.807) is 18.2 Å². The number of rotatable bonds is 3. The number of hydrogen-bond donors (Lipinski definition) is 1. The van der Waals surface area contributed by atoms with Crippen LogP contribution in [0.4, 0.5) is 11.6 Å². The van der Waals surface area contributed by atoms with Gasteiger partial charge < -0.3 is 5.32 Å². The fourth-order valence-electron chi connectivity index (χ4n) is 2.81. The molecule has 3 aromatic carbocycles. The van der Waals surface area contributed by atoms with Crippen molar-refractivity contribution in [1.29, 1.82) is 5.26 Å².